The highest BCUT2D eigenvalue weighted by Crippen LogP contribution is 2.17. The Labute approximate surface area is 145 Å². The number of nitrogens with zero attached hydrogens (tertiary/aromatic N) is 2. The Bertz CT molecular complexity index is 697. The molecule has 2 aromatic rings. The van der Waals surface area contributed by atoms with Gasteiger partial charge in [-0.25, -0.2) is 9.78 Å². The maximum Gasteiger partial charge on any atom is 0.357 e. The van der Waals surface area contributed by atoms with Crippen molar-refractivity contribution in [3.05, 3.63) is 45.9 Å². The third-order valence-electron chi connectivity index (χ3n) is 3.39. The molecule has 0 unspecified atom stereocenters. The van der Waals surface area contributed by atoms with Crippen molar-refractivity contribution in [2.45, 2.75) is 19.9 Å². The highest BCUT2D eigenvalue weighted by Gasteiger charge is 2.18. The Kier molecular flexibility index (Phi) is 6.31. The van der Waals surface area contributed by atoms with Crippen LogP contribution in [0.3, 0.4) is 0 Å². The van der Waals surface area contributed by atoms with Crippen LogP contribution in [-0.2, 0) is 11.3 Å². The van der Waals surface area contributed by atoms with E-state index in [1.807, 2.05) is 6.92 Å². The summed E-state index contributed by atoms with van der Waals surface area (Å²) in [6.45, 7) is 2.98. The van der Waals surface area contributed by atoms with E-state index in [4.69, 9.17) is 4.74 Å². The van der Waals surface area contributed by atoms with Gasteiger partial charge in [0.2, 0.25) is 0 Å². The van der Waals surface area contributed by atoms with Gasteiger partial charge in [-0.15, -0.1) is 11.3 Å². The number of benzene rings is 1. The minimum Gasteiger partial charge on any atom is -0.497 e. The molecule has 128 valence electrons. The van der Waals surface area contributed by atoms with E-state index in [0.717, 1.165) is 6.42 Å². The molecular formula is C17H20N2O4S. The van der Waals surface area contributed by atoms with Crippen molar-refractivity contribution in [3.63, 3.8) is 0 Å². The number of methoxy groups -OCH3 is 2. The number of amides is 1. The molecule has 0 bridgehead atoms. The first-order valence-corrected chi connectivity index (χ1v) is 8.43. The molecule has 0 atom stereocenters. The minimum absolute atomic E-state index is 0.0747. The quantitative estimate of drug-likeness (QED) is 0.720. The molecular weight excluding hydrogens is 328 g/mol. The number of hydrogen-bond acceptors (Lipinski definition) is 6. The van der Waals surface area contributed by atoms with Crippen molar-refractivity contribution in [2.24, 2.45) is 0 Å². The van der Waals surface area contributed by atoms with Crippen LogP contribution in [0, 0.1) is 0 Å². The molecule has 0 aliphatic rings. The van der Waals surface area contributed by atoms with Crippen LogP contribution in [0.4, 0.5) is 0 Å². The Balaban J connectivity index is 2.14. The van der Waals surface area contributed by atoms with Crippen LogP contribution < -0.4 is 4.74 Å². The van der Waals surface area contributed by atoms with Crippen LogP contribution in [0.25, 0.3) is 0 Å². The predicted molar refractivity (Wildman–Crippen MR) is 91.5 cm³/mol. The second kappa shape index (κ2) is 8.44. The standard InChI is InChI=1S/C17H20N2O4S/c1-4-9-19(10-15-18-14(11-24-15)17(21)23-3)16(20)12-5-7-13(22-2)8-6-12/h5-8,11H,4,9-10H2,1-3H3. The zero-order valence-corrected chi connectivity index (χ0v) is 14.8. The highest BCUT2D eigenvalue weighted by atomic mass is 32.1. The number of aromatic nitrogens is 1. The summed E-state index contributed by atoms with van der Waals surface area (Å²) in [6.07, 6.45) is 0.830. The van der Waals surface area contributed by atoms with Gasteiger partial charge >= 0.3 is 5.97 Å². The number of hydrogen-bond donors (Lipinski definition) is 0. The maximum absolute atomic E-state index is 12.7. The summed E-state index contributed by atoms with van der Waals surface area (Å²) < 4.78 is 9.76. The largest absolute Gasteiger partial charge is 0.497 e. The van der Waals surface area contributed by atoms with Gasteiger partial charge in [0.05, 0.1) is 20.8 Å². The number of esters is 1. The van der Waals surface area contributed by atoms with Gasteiger partial charge in [-0.2, -0.15) is 0 Å². The molecule has 24 heavy (non-hydrogen) atoms. The number of rotatable bonds is 7. The SMILES string of the molecule is CCCN(Cc1nc(C(=O)OC)cs1)C(=O)c1ccc(OC)cc1. The normalized spacial score (nSPS) is 10.3. The van der Waals surface area contributed by atoms with Crippen LogP contribution in [-0.4, -0.2) is 42.5 Å². The number of ether oxygens (including phenoxy) is 2. The average molecular weight is 348 g/mol. The van der Waals surface area contributed by atoms with Gasteiger partial charge in [0, 0.05) is 17.5 Å². The summed E-state index contributed by atoms with van der Waals surface area (Å²) in [6, 6.07) is 7.00. The van der Waals surface area contributed by atoms with E-state index in [-0.39, 0.29) is 11.6 Å². The minimum atomic E-state index is -0.471. The van der Waals surface area contributed by atoms with Crippen molar-refractivity contribution < 1.29 is 19.1 Å². The molecule has 7 heteroatoms. The lowest BCUT2D eigenvalue weighted by molar-refractivity contribution is 0.0594. The number of carbonyl (C=O) groups excluding carboxylic acids is 2. The summed E-state index contributed by atoms with van der Waals surface area (Å²) in [5.41, 5.74) is 0.861. The first-order valence-electron chi connectivity index (χ1n) is 7.55. The van der Waals surface area contributed by atoms with Crippen molar-refractivity contribution in [1.82, 2.24) is 9.88 Å². The molecule has 0 N–H and O–H groups in total. The monoisotopic (exact) mass is 348 g/mol. The molecule has 0 saturated carbocycles. The van der Waals surface area contributed by atoms with Crippen LogP contribution in [0.15, 0.2) is 29.6 Å². The van der Waals surface area contributed by atoms with Gasteiger partial charge < -0.3 is 14.4 Å². The predicted octanol–water partition coefficient (Wildman–Crippen LogP) is 2.99. The summed E-state index contributed by atoms with van der Waals surface area (Å²) in [5, 5.41) is 2.34. The summed E-state index contributed by atoms with van der Waals surface area (Å²) in [7, 11) is 2.90. The molecule has 1 aromatic heterocycles. The average Bonchev–Trinajstić information content (AvgIpc) is 3.08. The van der Waals surface area contributed by atoms with E-state index in [1.54, 1.807) is 41.7 Å². The van der Waals surface area contributed by atoms with Crippen LogP contribution in [0.1, 0.15) is 39.2 Å². The van der Waals surface area contributed by atoms with Crippen molar-refractivity contribution in [2.75, 3.05) is 20.8 Å². The van der Waals surface area contributed by atoms with Crippen molar-refractivity contribution >= 4 is 23.2 Å². The molecule has 2 rings (SSSR count). The van der Waals surface area contributed by atoms with E-state index in [9.17, 15) is 9.59 Å². The number of thiazole rings is 1. The van der Waals surface area contributed by atoms with Gasteiger partial charge in [0.25, 0.3) is 5.91 Å². The molecule has 0 aliphatic heterocycles. The Morgan fingerprint density at radius 3 is 2.50 bits per heavy atom. The molecule has 1 heterocycles. The van der Waals surface area contributed by atoms with Gasteiger partial charge in [-0.05, 0) is 30.7 Å². The fourth-order valence-corrected chi connectivity index (χ4v) is 2.96. The Morgan fingerprint density at radius 2 is 1.92 bits per heavy atom. The molecule has 0 spiro atoms. The lowest BCUT2D eigenvalue weighted by atomic mass is 10.2. The molecule has 0 fully saturated rings. The van der Waals surface area contributed by atoms with E-state index < -0.39 is 5.97 Å². The lowest BCUT2D eigenvalue weighted by Gasteiger charge is -2.21. The van der Waals surface area contributed by atoms with E-state index >= 15 is 0 Å². The zero-order valence-electron chi connectivity index (χ0n) is 13.9. The molecule has 1 aromatic carbocycles. The van der Waals surface area contributed by atoms with E-state index in [1.165, 1.54) is 18.4 Å². The van der Waals surface area contributed by atoms with E-state index in [0.29, 0.717) is 29.4 Å². The smallest absolute Gasteiger partial charge is 0.357 e. The zero-order chi connectivity index (χ0) is 17.5. The second-order valence-corrected chi connectivity index (χ2v) is 6.02. The maximum atomic E-state index is 12.7. The van der Waals surface area contributed by atoms with Crippen LogP contribution in [0.5, 0.6) is 5.75 Å². The third kappa shape index (κ3) is 4.32. The summed E-state index contributed by atoms with van der Waals surface area (Å²) in [4.78, 5) is 30.2. The molecule has 0 aliphatic carbocycles. The second-order valence-electron chi connectivity index (χ2n) is 5.07. The van der Waals surface area contributed by atoms with Gasteiger partial charge in [0.15, 0.2) is 5.69 Å². The molecule has 0 radical (unpaired) electrons. The van der Waals surface area contributed by atoms with Crippen molar-refractivity contribution in [1.29, 1.82) is 0 Å². The van der Waals surface area contributed by atoms with Crippen LogP contribution >= 0.6 is 11.3 Å². The third-order valence-corrected chi connectivity index (χ3v) is 4.22. The van der Waals surface area contributed by atoms with Gasteiger partial charge in [-0.1, -0.05) is 6.92 Å². The first-order chi connectivity index (χ1) is 11.6. The fraction of sp³-hybridized carbons (Fsp3) is 0.353. The summed E-state index contributed by atoms with van der Waals surface area (Å²) in [5.74, 6) is 0.159. The molecule has 1 amide bonds. The van der Waals surface area contributed by atoms with Crippen molar-refractivity contribution in [3.8, 4) is 5.75 Å². The fourth-order valence-electron chi connectivity index (χ4n) is 2.18. The topological polar surface area (TPSA) is 68.7 Å². The van der Waals surface area contributed by atoms with Gasteiger partial charge in [0.1, 0.15) is 10.8 Å². The Morgan fingerprint density at radius 1 is 1.21 bits per heavy atom. The lowest BCUT2D eigenvalue weighted by Crippen LogP contribution is -2.31. The highest BCUT2D eigenvalue weighted by molar-refractivity contribution is 7.09. The first kappa shape index (κ1) is 17.9. The Hall–Kier alpha value is -2.41. The van der Waals surface area contributed by atoms with Crippen LogP contribution in [0.2, 0.25) is 0 Å². The number of carbonyl (C=O) groups is 2. The molecule has 0 saturated heterocycles. The molecule has 6 nitrogen and oxygen atoms in total. The van der Waals surface area contributed by atoms with E-state index in [2.05, 4.69) is 9.72 Å². The van der Waals surface area contributed by atoms with Gasteiger partial charge in [-0.3, -0.25) is 4.79 Å². The summed E-state index contributed by atoms with van der Waals surface area (Å²) >= 11 is 1.34.